The molecule has 2 rings (SSSR count). The molecular weight excluding hydrogens is 384 g/mol. The summed E-state index contributed by atoms with van der Waals surface area (Å²) < 4.78 is 18.7. The molecule has 0 radical (unpaired) electrons. The van der Waals surface area contributed by atoms with Gasteiger partial charge in [-0.25, -0.2) is 4.39 Å². The van der Waals surface area contributed by atoms with E-state index in [1.54, 1.807) is 12.1 Å². The number of hydrogen-bond acceptors (Lipinski definition) is 2. The van der Waals surface area contributed by atoms with Crippen LogP contribution in [-0.4, -0.2) is 12.5 Å². The second-order valence-electron chi connectivity index (χ2n) is 4.04. The first kappa shape index (κ1) is 16.1. The molecule has 0 bridgehead atoms. The van der Waals surface area contributed by atoms with Gasteiger partial charge in [-0.15, -0.1) is 0 Å². The molecule has 2 aromatic carbocycles. The molecule has 0 fully saturated rings. The zero-order valence-electron chi connectivity index (χ0n) is 10.5. The number of rotatable bonds is 4. The van der Waals surface area contributed by atoms with Gasteiger partial charge < -0.3 is 10.1 Å². The first-order chi connectivity index (χ1) is 9.95. The van der Waals surface area contributed by atoms with Crippen molar-refractivity contribution in [2.24, 2.45) is 0 Å². The smallest absolute Gasteiger partial charge is 0.262 e. The van der Waals surface area contributed by atoms with Crippen LogP contribution in [0, 0.1) is 5.82 Å². The summed E-state index contributed by atoms with van der Waals surface area (Å²) >= 11 is 14.9. The van der Waals surface area contributed by atoms with Crippen molar-refractivity contribution >= 4 is 50.7 Å². The van der Waals surface area contributed by atoms with Gasteiger partial charge in [0, 0.05) is 15.6 Å². The molecule has 0 spiro atoms. The van der Waals surface area contributed by atoms with Crippen LogP contribution in [0.15, 0.2) is 40.9 Å². The van der Waals surface area contributed by atoms with Crippen LogP contribution in [0.25, 0.3) is 0 Å². The van der Waals surface area contributed by atoms with Gasteiger partial charge in [0.05, 0.1) is 10.7 Å². The Morgan fingerprint density at radius 1 is 1.24 bits per heavy atom. The average molecular weight is 393 g/mol. The minimum absolute atomic E-state index is 0.246. The quantitative estimate of drug-likeness (QED) is 0.802. The molecule has 3 nitrogen and oxygen atoms in total. The molecule has 21 heavy (non-hydrogen) atoms. The summed E-state index contributed by atoms with van der Waals surface area (Å²) in [6, 6.07) is 8.66. The Balaban J connectivity index is 1.97. The van der Waals surface area contributed by atoms with Gasteiger partial charge in [-0.2, -0.15) is 0 Å². The van der Waals surface area contributed by atoms with Gasteiger partial charge in [0.2, 0.25) is 0 Å². The normalized spacial score (nSPS) is 10.3. The highest BCUT2D eigenvalue weighted by atomic mass is 79.9. The van der Waals surface area contributed by atoms with Crippen molar-refractivity contribution in [3.05, 3.63) is 56.7 Å². The van der Waals surface area contributed by atoms with Gasteiger partial charge in [-0.1, -0.05) is 23.2 Å². The zero-order valence-corrected chi connectivity index (χ0v) is 13.6. The van der Waals surface area contributed by atoms with E-state index in [9.17, 15) is 9.18 Å². The van der Waals surface area contributed by atoms with Gasteiger partial charge >= 0.3 is 0 Å². The Morgan fingerprint density at radius 2 is 2.00 bits per heavy atom. The number of carbonyl (C=O) groups is 1. The summed E-state index contributed by atoms with van der Waals surface area (Å²) in [7, 11) is 0. The molecule has 7 heteroatoms. The number of amides is 1. The summed E-state index contributed by atoms with van der Waals surface area (Å²) in [5.41, 5.74) is 0.446. The highest BCUT2D eigenvalue weighted by Gasteiger charge is 2.09. The molecule has 0 saturated carbocycles. The van der Waals surface area contributed by atoms with Crippen LogP contribution in [0.4, 0.5) is 10.1 Å². The Kier molecular flexibility index (Phi) is 5.45. The van der Waals surface area contributed by atoms with E-state index < -0.39 is 11.7 Å². The highest BCUT2D eigenvalue weighted by Crippen LogP contribution is 2.28. The molecule has 2 aromatic rings. The topological polar surface area (TPSA) is 38.3 Å². The summed E-state index contributed by atoms with van der Waals surface area (Å²) in [6.45, 7) is -0.246. The largest absolute Gasteiger partial charge is 0.482 e. The molecule has 0 aromatic heterocycles. The molecule has 0 heterocycles. The Labute approximate surface area is 139 Å². The van der Waals surface area contributed by atoms with E-state index in [-0.39, 0.29) is 6.61 Å². The zero-order chi connectivity index (χ0) is 15.4. The third-order valence-electron chi connectivity index (χ3n) is 2.46. The van der Waals surface area contributed by atoms with E-state index >= 15 is 0 Å². The Hall–Kier alpha value is -1.30. The lowest BCUT2D eigenvalue weighted by molar-refractivity contribution is -0.118. The minimum Gasteiger partial charge on any atom is -0.482 e. The van der Waals surface area contributed by atoms with E-state index in [0.29, 0.717) is 26.0 Å². The van der Waals surface area contributed by atoms with Crippen molar-refractivity contribution in [1.82, 2.24) is 0 Å². The van der Waals surface area contributed by atoms with E-state index in [1.165, 1.54) is 24.3 Å². The molecule has 110 valence electrons. The number of ether oxygens (including phenoxy) is 1. The van der Waals surface area contributed by atoms with Gasteiger partial charge in [0.25, 0.3) is 5.91 Å². The van der Waals surface area contributed by atoms with E-state index in [1.807, 2.05) is 0 Å². The second kappa shape index (κ2) is 7.11. The monoisotopic (exact) mass is 391 g/mol. The maximum atomic E-state index is 12.9. The van der Waals surface area contributed by atoms with Gasteiger partial charge in [-0.05, 0) is 46.3 Å². The Bertz CT molecular complexity index is 682. The number of hydrogen-bond donors (Lipinski definition) is 1. The van der Waals surface area contributed by atoms with Crippen molar-refractivity contribution < 1.29 is 13.9 Å². The van der Waals surface area contributed by atoms with Gasteiger partial charge in [0.1, 0.15) is 11.6 Å². The number of carbonyl (C=O) groups excluding carboxylic acids is 1. The molecule has 0 aliphatic carbocycles. The third-order valence-corrected chi connectivity index (χ3v) is 3.66. The molecule has 1 N–H and O–H groups in total. The lowest BCUT2D eigenvalue weighted by Gasteiger charge is -2.10. The number of nitrogens with one attached hydrogen (secondary N) is 1. The van der Waals surface area contributed by atoms with Gasteiger partial charge in [0.15, 0.2) is 6.61 Å². The van der Waals surface area contributed by atoms with Crippen LogP contribution in [0.5, 0.6) is 5.75 Å². The van der Waals surface area contributed by atoms with Crippen molar-refractivity contribution in [1.29, 1.82) is 0 Å². The van der Waals surface area contributed by atoms with Crippen LogP contribution >= 0.6 is 39.1 Å². The van der Waals surface area contributed by atoms with Crippen LogP contribution in [0.2, 0.25) is 10.0 Å². The standard InChI is InChI=1S/C14H9BrCl2FNO2/c15-10-6-9(18)2-4-12(10)19-14(20)7-21-13-5-8(16)1-3-11(13)17/h1-6H,7H2,(H,19,20). The van der Waals surface area contributed by atoms with Gasteiger partial charge in [-0.3, -0.25) is 4.79 Å². The maximum absolute atomic E-state index is 12.9. The van der Waals surface area contributed by atoms with E-state index in [4.69, 9.17) is 27.9 Å². The lowest BCUT2D eigenvalue weighted by Crippen LogP contribution is -2.20. The summed E-state index contributed by atoms with van der Waals surface area (Å²) in [4.78, 5) is 11.8. The number of benzene rings is 2. The average Bonchev–Trinajstić information content (AvgIpc) is 2.43. The fraction of sp³-hybridized carbons (Fsp3) is 0.0714. The number of halogens is 4. The molecule has 0 atom stereocenters. The van der Waals surface area contributed by atoms with Crippen LogP contribution < -0.4 is 10.1 Å². The summed E-state index contributed by atoms with van der Waals surface area (Å²) in [5.74, 6) is -0.488. The first-order valence-corrected chi connectivity index (χ1v) is 7.33. The number of anilines is 1. The molecular formula is C14H9BrCl2FNO2. The summed E-state index contributed by atoms with van der Waals surface area (Å²) in [5, 5.41) is 3.40. The highest BCUT2D eigenvalue weighted by molar-refractivity contribution is 9.10. The van der Waals surface area contributed by atoms with Crippen LogP contribution in [0.1, 0.15) is 0 Å². The third kappa shape index (κ3) is 4.59. The molecule has 1 amide bonds. The predicted octanol–water partition coefficient (Wildman–Crippen LogP) is 4.91. The Morgan fingerprint density at radius 3 is 2.71 bits per heavy atom. The van der Waals surface area contributed by atoms with Crippen LogP contribution in [0.3, 0.4) is 0 Å². The van der Waals surface area contributed by atoms with E-state index in [2.05, 4.69) is 21.2 Å². The minimum atomic E-state index is -0.404. The van der Waals surface area contributed by atoms with Crippen molar-refractivity contribution in [2.45, 2.75) is 0 Å². The molecule has 0 saturated heterocycles. The van der Waals surface area contributed by atoms with E-state index in [0.717, 1.165) is 0 Å². The fourth-order valence-corrected chi connectivity index (χ4v) is 2.29. The molecule has 0 aliphatic heterocycles. The lowest BCUT2D eigenvalue weighted by atomic mass is 10.3. The molecule has 0 aliphatic rings. The van der Waals surface area contributed by atoms with Crippen molar-refractivity contribution in [3.8, 4) is 5.75 Å². The van der Waals surface area contributed by atoms with Crippen LogP contribution in [-0.2, 0) is 4.79 Å². The predicted molar refractivity (Wildman–Crippen MR) is 84.7 cm³/mol. The SMILES string of the molecule is O=C(COc1cc(Cl)ccc1Cl)Nc1ccc(F)cc1Br. The fourth-order valence-electron chi connectivity index (χ4n) is 1.51. The van der Waals surface area contributed by atoms with Crippen molar-refractivity contribution in [2.75, 3.05) is 11.9 Å². The second-order valence-corrected chi connectivity index (χ2v) is 5.73. The van der Waals surface area contributed by atoms with Crippen molar-refractivity contribution in [3.63, 3.8) is 0 Å². The summed E-state index contributed by atoms with van der Waals surface area (Å²) in [6.07, 6.45) is 0. The maximum Gasteiger partial charge on any atom is 0.262 e. The first-order valence-electron chi connectivity index (χ1n) is 5.78. The molecule has 0 unspecified atom stereocenters.